The highest BCUT2D eigenvalue weighted by atomic mass is 35.5. The Bertz CT molecular complexity index is 588. The third-order valence-corrected chi connectivity index (χ3v) is 8.69. The van der Waals surface area contributed by atoms with Crippen LogP contribution < -0.4 is 0 Å². The van der Waals surface area contributed by atoms with Gasteiger partial charge in [-0.3, -0.25) is 9.69 Å². The lowest BCUT2D eigenvalue weighted by Crippen LogP contribution is -2.38. The van der Waals surface area contributed by atoms with Crippen molar-refractivity contribution in [2.75, 3.05) is 25.6 Å². The molecule has 0 atom stereocenters. The molecule has 0 amide bonds. The van der Waals surface area contributed by atoms with E-state index in [-0.39, 0.29) is 5.97 Å². The molecule has 0 aromatic heterocycles. The van der Waals surface area contributed by atoms with Crippen molar-refractivity contribution in [3.8, 4) is 0 Å². The number of nitrogens with zero attached hydrogens (tertiary/aromatic N) is 1. The number of alkyl halides is 1. The van der Waals surface area contributed by atoms with Gasteiger partial charge in [0, 0.05) is 24.9 Å². The Kier molecular flexibility index (Phi) is 26.4. The smallest absolute Gasteiger partial charge is 0.305 e. The minimum Gasteiger partial charge on any atom is -0.465 e. The number of allylic oxidation sites excluding steroid dienone is 4. The van der Waals surface area contributed by atoms with E-state index >= 15 is 0 Å². The summed E-state index contributed by atoms with van der Waals surface area (Å²) in [5.74, 6) is 1.21. The molecular weight excluding hydrogens is 514 g/mol. The Hall–Kier alpha value is -0.800. The van der Waals surface area contributed by atoms with E-state index in [9.17, 15) is 4.79 Å². The van der Waals surface area contributed by atoms with E-state index in [0.29, 0.717) is 24.8 Å². The zero-order chi connectivity index (χ0) is 28.9. The van der Waals surface area contributed by atoms with Gasteiger partial charge in [-0.15, -0.1) is 11.6 Å². The molecule has 0 unspecified atom stereocenters. The second-order valence-electron chi connectivity index (χ2n) is 12.2. The Morgan fingerprint density at radius 3 is 1.88 bits per heavy atom. The number of hydrogen-bond acceptors (Lipinski definition) is 3. The lowest BCUT2D eigenvalue weighted by atomic mass is 9.94. The molecule has 0 N–H and O–H groups in total. The van der Waals surface area contributed by atoms with Crippen LogP contribution in [0.4, 0.5) is 0 Å². The van der Waals surface area contributed by atoms with Gasteiger partial charge in [0.1, 0.15) is 0 Å². The van der Waals surface area contributed by atoms with Crippen molar-refractivity contribution < 1.29 is 9.53 Å². The van der Waals surface area contributed by atoms with Crippen molar-refractivity contribution in [3.63, 3.8) is 0 Å². The second kappa shape index (κ2) is 28.3. The largest absolute Gasteiger partial charge is 0.465 e. The molecule has 1 saturated carbocycles. The quantitative estimate of drug-likeness (QED) is 0.0419. The Balaban J connectivity index is 2.29. The van der Waals surface area contributed by atoms with Crippen LogP contribution in [0.5, 0.6) is 0 Å². The van der Waals surface area contributed by atoms with Crippen molar-refractivity contribution in [2.24, 2.45) is 5.92 Å². The average Bonchev–Trinajstić information content (AvgIpc) is 2.97. The molecule has 1 rings (SSSR count). The van der Waals surface area contributed by atoms with Crippen LogP contribution in [0, 0.1) is 5.92 Å². The summed E-state index contributed by atoms with van der Waals surface area (Å²) in [6.45, 7) is 7.24. The Labute approximate surface area is 254 Å². The number of carbonyl (C=O) groups excluding carboxylic acids is 1. The summed E-state index contributed by atoms with van der Waals surface area (Å²) in [7, 11) is 0. The number of esters is 1. The van der Waals surface area contributed by atoms with Gasteiger partial charge < -0.3 is 4.74 Å². The Morgan fingerprint density at radius 2 is 1.32 bits per heavy atom. The van der Waals surface area contributed by atoms with Crippen molar-refractivity contribution in [1.29, 1.82) is 0 Å². The first-order chi connectivity index (χ1) is 19.7. The van der Waals surface area contributed by atoms with Crippen molar-refractivity contribution in [3.05, 3.63) is 24.3 Å². The fraction of sp³-hybridized carbons (Fsp3) is 0.861. The van der Waals surface area contributed by atoms with Crippen molar-refractivity contribution in [1.82, 2.24) is 4.90 Å². The van der Waals surface area contributed by atoms with Gasteiger partial charge >= 0.3 is 5.97 Å². The normalized spacial score (nSPS) is 14.8. The van der Waals surface area contributed by atoms with E-state index in [1.165, 1.54) is 96.3 Å². The third-order valence-electron chi connectivity index (χ3n) is 8.52. The van der Waals surface area contributed by atoms with Crippen molar-refractivity contribution >= 4 is 17.6 Å². The molecule has 1 fully saturated rings. The van der Waals surface area contributed by atoms with Crippen LogP contribution in [0.25, 0.3) is 0 Å². The number of unbranched alkanes of at least 4 members (excludes halogenated alkanes) is 10. The molecule has 1 aliphatic rings. The maximum absolute atomic E-state index is 12.5. The zero-order valence-corrected chi connectivity index (χ0v) is 27.5. The summed E-state index contributed by atoms with van der Waals surface area (Å²) in [6, 6.07) is 0.725. The fourth-order valence-electron chi connectivity index (χ4n) is 5.93. The van der Waals surface area contributed by atoms with Crippen LogP contribution in [-0.2, 0) is 9.53 Å². The highest BCUT2D eigenvalue weighted by molar-refractivity contribution is 6.18. The van der Waals surface area contributed by atoms with Gasteiger partial charge in [0.05, 0.1) is 6.61 Å². The summed E-state index contributed by atoms with van der Waals surface area (Å²) in [5.41, 5.74) is 0. The second-order valence-corrected chi connectivity index (χ2v) is 12.6. The molecule has 0 aliphatic heterocycles. The first-order valence-corrected chi connectivity index (χ1v) is 18.0. The van der Waals surface area contributed by atoms with E-state index in [1.54, 1.807) is 0 Å². The van der Waals surface area contributed by atoms with Gasteiger partial charge in [0.15, 0.2) is 0 Å². The maximum Gasteiger partial charge on any atom is 0.305 e. The lowest BCUT2D eigenvalue weighted by molar-refractivity contribution is -0.145. The number of ether oxygens (including phenoxy) is 1. The zero-order valence-electron chi connectivity index (χ0n) is 26.7. The summed E-state index contributed by atoms with van der Waals surface area (Å²) < 4.78 is 5.81. The molecular formula is C36H66ClNO2. The summed E-state index contributed by atoms with van der Waals surface area (Å²) in [4.78, 5) is 15.1. The summed E-state index contributed by atoms with van der Waals surface area (Å²) in [6.07, 6.45) is 37.2. The number of rotatable bonds is 27. The first-order valence-electron chi connectivity index (χ1n) is 17.5. The molecule has 0 aromatic rings. The van der Waals surface area contributed by atoms with Gasteiger partial charge in [0.25, 0.3) is 0 Å². The van der Waals surface area contributed by atoms with E-state index in [1.807, 2.05) is 0 Å². The van der Waals surface area contributed by atoms with Crippen LogP contribution in [-0.4, -0.2) is 42.5 Å². The van der Waals surface area contributed by atoms with Crippen LogP contribution in [0.15, 0.2) is 24.3 Å². The summed E-state index contributed by atoms with van der Waals surface area (Å²) in [5, 5.41) is 0. The predicted molar refractivity (Wildman–Crippen MR) is 176 cm³/mol. The molecule has 0 spiro atoms. The number of carbonyl (C=O) groups is 1. The topological polar surface area (TPSA) is 29.5 Å². The molecule has 0 radical (unpaired) electrons. The highest BCUT2D eigenvalue weighted by Crippen LogP contribution is 2.23. The van der Waals surface area contributed by atoms with E-state index in [4.69, 9.17) is 16.3 Å². The third kappa shape index (κ3) is 21.9. The molecule has 3 nitrogen and oxygen atoms in total. The van der Waals surface area contributed by atoms with Crippen LogP contribution >= 0.6 is 11.6 Å². The van der Waals surface area contributed by atoms with Gasteiger partial charge in [-0.05, 0) is 102 Å². The predicted octanol–water partition coefficient (Wildman–Crippen LogP) is 11.2. The van der Waals surface area contributed by atoms with E-state index in [0.717, 1.165) is 64.1 Å². The van der Waals surface area contributed by atoms with Gasteiger partial charge in [0.2, 0.25) is 0 Å². The van der Waals surface area contributed by atoms with E-state index in [2.05, 4.69) is 43.1 Å². The minimum atomic E-state index is 0.00142. The van der Waals surface area contributed by atoms with Crippen LogP contribution in [0.1, 0.15) is 162 Å². The summed E-state index contributed by atoms with van der Waals surface area (Å²) >= 11 is 6.09. The van der Waals surface area contributed by atoms with Crippen molar-refractivity contribution in [2.45, 2.75) is 168 Å². The van der Waals surface area contributed by atoms with Gasteiger partial charge in [-0.1, -0.05) is 89.5 Å². The number of halogens is 1. The molecule has 4 heteroatoms. The number of hydrogen-bond donors (Lipinski definition) is 0. The fourth-order valence-corrected chi connectivity index (χ4v) is 6.15. The standard InChI is InChI=1S/C36H66ClNO2/c1-3-5-7-9-11-13-15-19-25-34(26-20-16-14-12-10-8-6-4-2)33-40-36(39)29-23-18-24-31-38(32-30-37)35-27-21-17-22-28-35/h11-14,34-35H,3-10,15-33H2,1-2H3/b13-11-,14-12-. The van der Waals surface area contributed by atoms with Gasteiger partial charge in [-0.25, -0.2) is 0 Å². The molecule has 40 heavy (non-hydrogen) atoms. The molecule has 0 bridgehead atoms. The molecule has 0 saturated heterocycles. The highest BCUT2D eigenvalue weighted by Gasteiger charge is 2.20. The molecule has 1 aliphatic carbocycles. The molecule has 0 heterocycles. The monoisotopic (exact) mass is 579 g/mol. The SMILES string of the molecule is CCCCC/C=C\CCCC(CCC/C=C\CCCCC)COC(=O)CCCCCN(CCCl)C1CCCCC1. The van der Waals surface area contributed by atoms with Crippen LogP contribution in [0.2, 0.25) is 0 Å². The van der Waals surface area contributed by atoms with Crippen LogP contribution in [0.3, 0.4) is 0 Å². The molecule has 234 valence electrons. The van der Waals surface area contributed by atoms with Gasteiger partial charge in [-0.2, -0.15) is 0 Å². The average molecular weight is 580 g/mol. The molecule has 0 aromatic carbocycles. The first kappa shape index (κ1) is 37.2. The maximum atomic E-state index is 12.5. The Morgan fingerprint density at radius 1 is 0.750 bits per heavy atom. The minimum absolute atomic E-state index is 0.00142. The van der Waals surface area contributed by atoms with E-state index < -0.39 is 0 Å². The lowest BCUT2D eigenvalue weighted by Gasteiger charge is -2.34.